The summed E-state index contributed by atoms with van der Waals surface area (Å²) in [7, 11) is 0. The van der Waals surface area contributed by atoms with Crippen molar-refractivity contribution in [3.05, 3.63) is 6.42 Å². The maximum Gasteiger partial charge on any atom is 0.240 e. The zero-order valence-electron chi connectivity index (χ0n) is 15.7. The average Bonchev–Trinajstić information content (AvgIpc) is 3.12. The number of rotatable bonds is 7. The number of ketones is 1. The Bertz CT molecular complexity index is 592. The maximum absolute atomic E-state index is 12.6. The summed E-state index contributed by atoms with van der Waals surface area (Å²) in [5.74, 6) is -1.28. The van der Waals surface area contributed by atoms with Gasteiger partial charge in [0.05, 0.1) is 25.0 Å². The molecule has 2 heterocycles. The second kappa shape index (κ2) is 8.16. The third-order valence-electron chi connectivity index (χ3n) is 5.16. The van der Waals surface area contributed by atoms with Crippen molar-refractivity contribution >= 4 is 23.5 Å². The lowest BCUT2D eigenvalue weighted by Gasteiger charge is -2.27. The van der Waals surface area contributed by atoms with Crippen LogP contribution >= 0.6 is 0 Å². The fraction of sp³-hybridized carbons (Fsp3) is 0.722. The van der Waals surface area contributed by atoms with E-state index in [2.05, 4.69) is 0 Å². The third-order valence-corrected chi connectivity index (χ3v) is 5.16. The van der Waals surface area contributed by atoms with E-state index in [1.807, 2.05) is 13.8 Å². The summed E-state index contributed by atoms with van der Waals surface area (Å²) in [6, 6.07) is -1.55. The van der Waals surface area contributed by atoms with Crippen LogP contribution in [-0.2, 0) is 19.2 Å². The molecule has 145 valence electrons. The molecule has 3 amide bonds. The Hall–Kier alpha value is -1.96. The van der Waals surface area contributed by atoms with Crippen LogP contribution in [0.2, 0.25) is 0 Å². The van der Waals surface area contributed by atoms with E-state index < -0.39 is 23.9 Å². The highest BCUT2D eigenvalue weighted by atomic mass is 16.2. The van der Waals surface area contributed by atoms with Crippen molar-refractivity contribution in [3.63, 3.8) is 0 Å². The van der Waals surface area contributed by atoms with Crippen LogP contribution < -0.4 is 11.5 Å². The number of carbonyl (C=O) groups is 4. The molecule has 0 aromatic carbocycles. The molecule has 2 saturated heterocycles. The van der Waals surface area contributed by atoms with Gasteiger partial charge in [-0.25, -0.2) is 0 Å². The van der Waals surface area contributed by atoms with Gasteiger partial charge in [0.15, 0.2) is 5.78 Å². The summed E-state index contributed by atoms with van der Waals surface area (Å²) >= 11 is 0. The van der Waals surface area contributed by atoms with Gasteiger partial charge in [-0.15, -0.1) is 0 Å². The smallest absolute Gasteiger partial charge is 0.240 e. The third kappa shape index (κ3) is 4.23. The molecule has 26 heavy (non-hydrogen) atoms. The first-order valence-electron chi connectivity index (χ1n) is 9.15. The Morgan fingerprint density at radius 1 is 1.23 bits per heavy atom. The van der Waals surface area contributed by atoms with Crippen LogP contribution in [0.15, 0.2) is 0 Å². The number of nitrogens with zero attached hydrogens (tertiary/aromatic N) is 2. The van der Waals surface area contributed by atoms with Crippen LogP contribution in [0.25, 0.3) is 0 Å². The van der Waals surface area contributed by atoms with Gasteiger partial charge in [0, 0.05) is 12.5 Å². The first-order valence-corrected chi connectivity index (χ1v) is 9.15. The van der Waals surface area contributed by atoms with Crippen LogP contribution in [0.4, 0.5) is 0 Å². The molecule has 2 aliphatic rings. The second-order valence-corrected chi connectivity index (χ2v) is 7.74. The quantitative estimate of drug-likeness (QED) is 0.626. The first kappa shape index (κ1) is 20.4. The van der Waals surface area contributed by atoms with Crippen LogP contribution in [0.1, 0.15) is 40.0 Å². The molecule has 0 aromatic rings. The molecule has 4 N–H and O–H groups in total. The summed E-state index contributed by atoms with van der Waals surface area (Å²) < 4.78 is 0. The van der Waals surface area contributed by atoms with Gasteiger partial charge < -0.3 is 21.3 Å². The van der Waals surface area contributed by atoms with Crippen molar-refractivity contribution in [3.8, 4) is 0 Å². The Kier molecular flexibility index (Phi) is 6.39. The molecule has 8 heteroatoms. The second-order valence-electron chi connectivity index (χ2n) is 7.74. The Balaban J connectivity index is 2.01. The van der Waals surface area contributed by atoms with Crippen molar-refractivity contribution < 1.29 is 19.2 Å². The predicted molar refractivity (Wildman–Crippen MR) is 95.3 cm³/mol. The number of hydrogen-bond donors (Lipinski definition) is 2. The lowest BCUT2D eigenvalue weighted by Crippen LogP contribution is -2.48. The number of nitrogens with two attached hydrogens (primary N) is 2. The Morgan fingerprint density at radius 2 is 1.88 bits per heavy atom. The zero-order valence-corrected chi connectivity index (χ0v) is 15.7. The number of amides is 3. The van der Waals surface area contributed by atoms with Crippen LogP contribution in [0, 0.1) is 18.3 Å². The molecule has 0 aromatic heterocycles. The normalized spacial score (nSPS) is 24.7. The molecule has 0 aliphatic carbocycles. The zero-order chi connectivity index (χ0) is 19.6. The summed E-state index contributed by atoms with van der Waals surface area (Å²) in [5, 5.41) is 0. The van der Waals surface area contributed by atoms with E-state index in [9.17, 15) is 19.2 Å². The molecule has 8 nitrogen and oxygen atoms in total. The molecule has 1 radical (unpaired) electrons. The average molecular weight is 365 g/mol. The highest BCUT2D eigenvalue weighted by molar-refractivity contribution is 5.99. The summed E-state index contributed by atoms with van der Waals surface area (Å²) in [4.78, 5) is 51.7. The summed E-state index contributed by atoms with van der Waals surface area (Å²) in [5.41, 5.74) is 11.2. The van der Waals surface area contributed by atoms with Gasteiger partial charge in [0.1, 0.15) is 6.04 Å². The van der Waals surface area contributed by atoms with Crippen molar-refractivity contribution in [1.29, 1.82) is 0 Å². The first-order chi connectivity index (χ1) is 12.1. The number of hydrogen-bond acceptors (Lipinski definition) is 5. The largest absolute Gasteiger partial charge is 0.369 e. The van der Waals surface area contributed by atoms with Crippen LogP contribution in [0.3, 0.4) is 0 Å². The number of fused-ring (bicyclic) bond motifs is 1. The molecular weight excluding hydrogens is 336 g/mol. The lowest BCUT2D eigenvalue weighted by atomic mass is 10.0. The van der Waals surface area contributed by atoms with Crippen molar-refractivity contribution in [2.75, 3.05) is 13.1 Å². The standard InChI is InChI=1S/C18H29N4O4/c1-10(2)8-12(19)18(26)22-9-14(23)16-13(22)6-7-21(16)15(24)5-4-11(3)17(20)25/h5,10-13,16H,4,6-9,19H2,1-3H3,(H2,20,25). The summed E-state index contributed by atoms with van der Waals surface area (Å²) in [6.45, 7) is 6.04. The molecule has 4 unspecified atom stereocenters. The van der Waals surface area contributed by atoms with Crippen LogP contribution in [-0.4, -0.2) is 64.5 Å². The van der Waals surface area contributed by atoms with Gasteiger partial charge in [-0.05, 0) is 25.2 Å². The fourth-order valence-electron chi connectivity index (χ4n) is 3.69. The monoisotopic (exact) mass is 365 g/mol. The highest BCUT2D eigenvalue weighted by Gasteiger charge is 2.51. The minimum atomic E-state index is -0.630. The number of likely N-dealkylation sites (tertiary alicyclic amines) is 2. The molecular formula is C18H29N4O4. The minimum Gasteiger partial charge on any atom is -0.369 e. The molecule has 2 fully saturated rings. The van der Waals surface area contributed by atoms with E-state index in [4.69, 9.17) is 11.5 Å². The van der Waals surface area contributed by atoms with Gasteiger partial charge in [0.25, 0.3) is 0 Å². The van der Waals surface area contributed by atoms with E-state index in [-0.39, 0.29) is 42.5 Å². The number of Topliss-reactive ketones (excluding diaryl/α,β-unsaturated/α-hetero) is 1. The highest BCUT2D eigenvalue weighted by Crippen LogP contribution is 2.31. The van der Waals surface area contributed by atoms with Crippen molar-refractivity contribution in [2.24, 2.45) is 23.3 Å². The molecule has 2 rings (SSSR count). The van der Waals surface area contributed by atoms with Gasteiger partial charge >= 0.3 is 0 Å². The number of carbonyl (C=O) groups excluding carboxylic acids is 4. The van der Waals surface area contributed by atoms with Crippen molar-refractivity contribution in [1.82, 2.24) is 9.80 Å². The molecule has 0 saturated carbocycles. The molecule has 2 aliphatic heterocycles. The Morgan fingerprint density at radius 3 is 2.46 bits per heavy atom. The van der Waals surface area contributed by atoms with E-state index in [1.54, 1.807) is 11.8 Å². The van der Waals surface area contributed by atoms with Gasteiger partial charge in [-0.3, -0.25) is 19.2 Å². The fourth-order valence-corrected chi connectivity index (χ4v) is 3.69. The summed E-state index contributed by atoms with van der Waals surface area (Å²) in [6.07, 6.45) is 2.75. The van der Waals surface area contributed by atoms with Crippen molar-refractivity contribution in [2.45, 2.75) is 58.2 Å². The van der Waals surface area contributed by atoms with E-state index in [0.29, 0.717) is 19.4 Å². The number of primary amides is 1. The Labute approximate surface area is 154 Å². The van der Waals surface area contributed by atoms with E-state index in [0.717, 1.165) is 0 Å². The van der Waals surface area contributed by atoms with Gasteiger partial charge in [-0.1, -0.05) is 20.8 Å². The van der Waals surface area contributed by atoms with Gasteiger partial charge in [-0.2, -0.15) is 0 Å². The minimum absolute atomic E-state index is 0.00142. The molecule has 0 bridgehead atoms. The van der Waals surface area contributed by atoms with E-state index in [1.165, 1.54) is 11.3 Å². The van der Waals surface area contributed by atoms with Crippen LogP contribution in [0.5, 0.6) is 0 Å². The topological polar surface area (TPSA) is 127 Å². The molecule has 0 spiro atoms. The van der Waals surface area contributed by atoms with Gasteiger partial charge in [0.2, 0.25) is 17.7 Å². The predicted octanol–water partition coefficient (Wildman–Crippen LogP) is -0.544. The lowest BCUT2D eigenvalue weighted by molar-refractivity contribution is -0.134. The van der Waals surface area contributed by atoms with E-state index >= 15 is 0 Å². The molecule has 4 atom stereocenters. The maximum atomic E-state index is 12.6. The SMILES string of the molecule is CC(C)CC(N)C(=O)N1CC(=O)C2C1CCN2C(=O)[CH]CC(C)C(N)=O.